The summed E-state index contributed by atoms with van der Waals surface area (Å²) in [5.41, 5.74) is 1.06. The number of anilines is 1. The number of rotatable bonds is 4. The summed E-state index contributed by atoms with van der Waals surface area (Å²) < 4.78 is 26.0. The first-order valence-electron chi connectivity index (χ1n) is 8.97. The number of aromatic nitrogens is 2. The molecule has 2 atom stereocenters. The van der Waals surface area contributed by atoms with Crippen molar-refractivity contribution in [2.24, 2.45) is 0 Å². The second-order valence-electron chi connectivity index (χ2n) is 7.03. The van der Waals surface area contributed by atoms with Crippen LogP contribution in [0.15, 0.2) is 29.3 Å². The largest absolute Gasteiger partial charge is 0.391 e. The minimum atomic E-state index is -2.59. The summed E-state index contributed by atoms with van der Waals surface area (Å²) in [5, 5.41) is 10.2. The zero-order valence-electron chi connectivity index (χ0n) is 14.4. The second kappa shape index (κ2) is 6.92. The zero-order valence-corrected chi connectivity index (χ0v) is 14.4. The fourth-order valence-corrected chi connectivity index (χ4v) is 3.82. The number of halogens is 2. The summed E-state index contributed by atoms with van der Waals surface area (Å²) in [6.07, 6.45) is 0.366. The van der Waals surface area contributed by atoms with E-state index >= 15 is 0 Å². The number of hydrogen-bond acceptors (Lipinski definition) is 5. The van der Waals surface area contributed by atoms with Gasteiger partial charge in [-0.25, -0.2) is 13.8 Å². The van der Waals surface area contributed by atoms with E-state index in [2.05, 4.69) is 14.8 Å². The van der Waals surface area contributed by atoms with E-state index in [1.165, 1.54) is 6.33 Å². The molecule has 0 amide bonds. The SMILES string of the molecule is O=c1c2ccc(N3CCN(C4CCC4O)CC3)cc2ncn1CC(F)F. The van der Waals surface area contributed by atoms with Crippen molar-refractivity contribution in [3.63, 3.8) is 0 Å². The molecule has 8 heteroatoms. The normalized spacial score (nSPS) is 24.2. The monoisotopic (exact) mass is 364 g/mol. The molecule has 4 rings (SSSR count). The van der Waals surface area contributed by atoms with Gasteiger partial charge >= 0.3 is 0 Å². The third-order valence-corrected chi connectivity index (χ3v) is 5.49. The highest BCUT2D eigenvalue weighted by Crippen LogP contribution is 2.28. The van der Waals surface area contributed by atoms with E-state index in [0.717, 1.165) is 49.3 Å². The minimum absolute atomic E-state index is 0.193. The molecule has 1 saturated carbocycles. The van der Waals surface area contributed by atoms with Gasteiger partial charge in [0.1, 0.15) is 0 Å². The van der Waals surface area contributed by atoms with Crippen LogP contribution in [-0.2, 0) is 6.54 Å². The summed E-state index contributed by atoms with van der Waals surface area (Å²) in [6, 6.07) is 5.66. The highest BCUT2D eigenvalue weighted by atomic mass is 19.3. The van der Waals surface area contributed by atoms with E-state index < -0.39 is 18.5 Å². The van der Waals surface area contributed by atoms with E-state index in [1.807, 2.05) is 12.1 Å². The smallest absolute Gasteiger partial charge is 0.261 e. The van der Waals surface area contributed by atoms with Crippen LogP contribution in [0.5, 0.6) is 0 Å². The van der Waals surface area contributed by atoms with Gasteiger partial charge in [-0.05, 0) is 31.0 Å². The lowest BCUT2D eigenvalue weighted by Crippen LogP contribution is -2.57. The van der Waals surface area contributed by atoms with Gasteiger partial charge < -0.3 is 10.0 Å². The zero-order chi connectivity index (χ0) is 18.3. The third kappa shape index (κ3) is 3.19. The van der Waals surface area contributed by atoms with Crippen molar-refractivity contribution in [3.05, 3.63) is 34.9 Å². The number of hydrogen-bond donors (Lipinski definition) is 1. The van der Waals surface area contributed by atoms with Gasteiger partial charge in [-0.2, -0.15) is 0 Å². The first kappa shape index (κ1) is 17.4. The van der Waals surface area contributed by atoms with Crippen LogP contribution >= 0.6 is 0 Å². The highest BCUT2D eigenvalue weighted by Gasteiger charge is 2.35. The Kier molecular flexibility index (Phi) is 4.62. The maximum absolute atomic E-state index is 12.5. The van der Waals surface area contributed by atoms with E-state index in [0.29, 0.717) is 16.9 Å². The minimum Gasteiger partial charge on any atom is -0.391 e. The molecule has 26 heavy (non-hydrogen) atoms. The van der Waals surface area contributed by atoms with E-state index in [9.17, 15) is 18.7 Å². The molecule has 1 aliphatic heterocycles. The molecule has 2 aromatic rings. The van der Waals surface area contributed by atoms with Crippen molar-refractivity contribution in [2.75, 3.05) is 31.1 Å². The standard InChI is InChI=1S/C18H22F2N4O2/c19-17(20)10-24-11-21-14-9-12(1-2-13(14)18(24)26)22-5-7-23(8-6-22)15-3-4-16(15)25/h1-2,9,11,15-17,25H,3-8,10H2. The lowest BCUT2D eigenvalue weighted by Gasteiger charge is -2.46. The van der Waals surface area contributed by atoms with Crippen molar-refractivity contribution in [1.29, 1.82) is 0 Å². The van der Waals surface area contributed by atoms with E-state index in [-0.39, 0.29) is 6.10 Å². The fourth-order valence-electron chi connectivity index (χ4n) is 3.82. The van der Waals surface area contributed by atoms with Gasteiger partial charge in [-0.1, -0.05) is 0 Å². The van der Waals surface area contributed by atoms with Crippen molar-refractivity contribution in [1.82, 2.24) is 14.5 Å². The van der Waals surface area contributed by atoms with Crippen LogP contribution in [0.2, 0.25) is 0 Å². The van der Waals surface area contributed by atoms with Crippen LogP contribution in [-0.4, -0.2) is 64.3 Å². The average Bonchev–Trinajstić information content (AvgIpc) is 2.63. The lowest BCUT2D eigenvalue weighted by atomic mass is 9.87. The molecule has 1 aromatic heterocycles. The molecule has 140 valence electrons. The maximum Gasteiger partial charge on any atom is 0.261 e. The summed E-state index contributed by atoms with van der Waals surface area (Å²) in [7, 11) is 0. The van der Waals surface area contributed by atoms with Crippen LogP contribution < -0.4 is 10.5 Å². The Morgan fingerprint density at radius 3 is 2.58 bits per heavy atom. The Hall–Kier alpha value is -2.06. The predicted octanol–water partition coefficient (Wildman–Crippen LogP) is 1.31. The van der Waals surface area contributed by atoms with E-state index in [4.69, 9.17) is 0 Å². The number of piperazine rings is 1. The molecule has 0 bridgehead atoms. The summed E-state index contributed by atoms with van der Waals surface area (Å²) in [6.45, 7) is 2.83. The Bertz CT molecular complexity index is 849. The molecule has 2 heterocycles. The maximum atomic E-state index is 12.5. The van der Waals surface area contributed by atoms with Crippen LogP contribution in [0.4, 0.5) is 14.5 Å². The topological polar surface area (TPSA) is 61.6 Å². The molecule has 2 fully saturated rings. The molecule has 1 saturated heterocycles. The number of alkyl halides is 2. The Balaban J connectivity index is 1.50. The number of fused-ring (bicyclic) bond motifs is 1. The van der Waals surface area contributed by atoms with Gasteiger partial charge in [0.05, 0.1) is 29.9 Å². The predicted molar refractivity (Wildman–Crippen MR) is 94.8 cm³/mol. The molecular formula is C18H22F2N4O2. The molecule has 2 aliphatic rings. The average molecular weight is 364 g/mol. The van der Waals surface area contributed by atoms with Gasteiger partial charge in [0, 0.05) is 37.9 Å². The molecule has 1 N–H and O–H groups in total. The third-order valence-electron chi connectivity index (χ3n) is 5.49. The van der Waals surface area contributed by atoms with Crippen molar-refractivity contribution in [2.45, 2.75) is 38.0 Å². The molecule has 1 aromatic carbocycles. The highest BCUT2D eigenvalue weighted by molar-refractivity contribution is 5.81. The van der Waals surface area contributed by atoms with Crippen LogP contribution in [0.25, 0.3) is 10.9 Å². The number of aliphatic hydroxyl groups excluding tert-OH is 1. The Morgan fingerprint density at radius 2 is 1.96 bits per heavy atom. The summed E-state index contributed by atoms with van der Waals surface area (Å²) in [4.78, 5) is 21.0. The number of nitrogens with zero attached hydrogens (tertiary/aromatic N) is 4. The molecular weight excluding hydrogens is 342 g/mol. The first-order valence-corrected chi connectivity index (χ1v) is 8.97. The van der Waals surface area contributed by atoms with Gasteiger partial charge in [0.15, 0.2) is 0 Å². The van der Waals surface area contributed by atoms with Gasteiger partial charge in [0.25, 0.3) is 12.0 Å². The van der Waals surface area contributed by atoms with Crippen molar-refractivity contribution in [3.8, 4) is 0 Å². The van der Waals surface area contributed by atoms with Gasteiger partial charge in [0.2, 0.25) is 0 Å². The lowest BCUT2D eigenvalue weighted by molar-refractivity contribution is -0.0229. The molecule has 1 aliphatic carbocycles. The quantitative estimate of drug-likeness (QED) is 0.886. The molecule has 0 spiro atoms. The van der Waals surface area contributed by atoms with Crippen molar-refractivity contribution >= 4 is 16.6 Å². The summed E-state index contributed by atoms with van der Waals surface area (Å²) in [5.74, 6) is 0. The fraction of sp³-hybridized carbons (Fsp3) is 0.556. The summed E-state index contributed by atoms with van der Waals surface area (Å²) >= 11 is 0. The van der Waals surface area contributed by atoms with Gasteiger partial charge in [-0.3, -0.25) is 14.3 Å². The van der Waals surface area contributed by atoms with Crippen LogP contribution in [0.3, 0.4) is 0 Å². The Labute approximate surface area is 149 Å². The molecule has 6 nitrogen and oxygen atoms in total. The Morgan fingerprint density at radius 1 is 1.19 bits per heavy atom. The second-order valence-corrected chi connectivity index (χ2v) is 7.03. The van der Waals surface area contributed by atoms with Crippen molar-refractivity contribution < 1.29 is 13.9 Å². The first-order chi connectivity index (χ1) is 12.5. The molecule has 2 unspecified atom stereocenters. The number of benzene rings is 1. The van der Waals surface area contributed by atoms with E-state index in [1.54, 1.807) is 6.07 Å². The van der Waals surface area contributed by atoms with Gasteiger partial charge in [-0.15, -0.1) is 0 Å². The molecule has 0 radical (unpaired) electrons. The number of aliphatic hydroxyl groups is 1. The van der Waals surface area contributed by atoms with Crippen LogP contribution in [0, 0.1) is 0 Å². The van der Waals surface area contributed by atoms with Crippen LogP contribution in [0.1, 0.15) is 12.8 Å².